The van der Waals surface area contributed by atoms with Gasteiger partial charge in [-0.3, -0.25) is 9.52 Å². The largest absolute Gasteiger partial charge is 0.465 e. The van der Waals surface area contributed by atoms with Crippen LogP contribution in [0.1, 0.15) is 27.6 Å². The van der Waals surface area contributed by atoms with Crippen molar-refractivity contribution < 1.29 is 22.7 Å². The molecule has 2 aromatic rings. The van der Waals surface area contributed by atoms with E-state index in [0.717, 1.165) is 0 Å². The second-order valence-corrected chi connectivity index (χ2v) is 7.44. The molecule has 0 radical (unpaired) electrons. The number of carbonyl (C=O) groups is 2. The molecule has 0 aromatic heterocycles. The maximum atomic E-state index is 12.6. The highest BCUT2D eigenvalue weighted by Gasteiger charge is 2.23. The number of ether oxygens (including phenoxy) is 1. The van der Waals surface area contributed by atoms with Crippen molar-refractivity contribution >= 4 is 43.4 Å². The Morgan fingerprint density at radius 2 is 1.83 bits per heavy atom. The quantitative estimate of drug-likeness (QED) is 0.602. The molecule has 0 fully saturated rings. The molecule has 0 amide bonds. The van der Waals surface area contributed by atoms with E-state index in [2.05, 4.69) is 25.4 Å². The molecular formula is C16H14BrNO5S. The average Bonchev–Trinajstić information content (AvgIpc) is 2.53. The van der Waals surface area contributed by atoms with Gasteiger partial charge in [-0.2, -0.15) is 0 Å². The summed E-state index contributed by atoms with van der Waals surface area (Å²) in [6.45, 7) is 1.39. The van der Waals surface area contributed by atoms with Crippen LogP contribution >= 0.6 is 15.9 Å². The fraction of sp³-hybridized carbons (Fsp3) is 0.125. The van der Waals surface area contributed by atoms with Gasteiger partial charge in [-0.15, -0.1) is 0 Å². The summed E-state index contributed by atoms with van der Waals surface area (Å²) >= 11 is 3.19. The van der Waals surface area contributed by atoms with Gasteiger partial charge in [0.25, 0.3) is 10.0 Å². The lowest BCUT2D eigenvalue weighted by Crippen LogP contribution is -2.17. The monoisotopic (exact) mass is 411 g/mol. The third kappa shape index (κ3) is 4.01. The van der Waals surface area contributed by atoms with Crippen molar-refractivity contribution in [1.82, 2.24) is 0 Å². The number of hydrogen-bond acceptors (Lipinski definition) is 5. The zero-order chi connectivity index (χ0) is 17.9. The minimum absolute atomic E-state index is 0.0953. The minimum atomic E-state index is -4.04. The fourth-order valence-electron chi connectivity index (χ4n) is 2.02. The number of ketones is 1. The molecule has 0 aliphatic rings. The summed E-state index contributed by atoms with van der Waals surface area (Å²) in [6.07, 6.45) is 0. The third-order valence-electron chi connectivity index (χ3n) is 3.16. The van der Waals surface area contributed by atoms with Crippen LogP contribution in [0, 0.1) is 0 Å². The van der Waals surface area contributed by atoms with Gasteiger partial charge in [-0.05, 0) is 37.3 Å². The molecule has 0 bridgehead atoms. The van der Waals surface area contributed by atoms with Gasteiger partial charge in [0.2, 0.25) is 0 Å². The average molecular weight is 412 g/mol. The number of rotatable bonds is 5. The predicted molar refractivity (Wildman–Crippen MR) is 92.7 cm³/mol. The summed E-state index contributed by atoms with van der Waals surface area (Å²) in [5.41, 5.74) is 0.503. The molecule has 6 nitrogen and oxygen atoms in total. The van der Waals surface area contributed by atoms with Crippen LogP contribution in [0.3, 0.4) is 0 Å². The Kier molecular flexibility index (Phi) is 5.40. The molecule has 0 saturated heterocycles. The Hall–Kier alpha value is -2.19. The fourth-order valence-corrected chi connectivity index (χ4v) is 3.61. The molecule has 0 aliphatic heterocycles. The van der Waals surface area contributed by atoms with Crippen molar-refractivity contribution in [3.05, 3.63) is 58.1 Å². The number of hydrogen-bond donors (Lipinski definition) is 1. The Morgan fingerprint density at radius 1 is 1.12 bits per heavy atom. The SMILES string of the molecule is COC(=O)c1cc(Br)ccc1S(=O)(=O)Nc1cccc(C(C)=O)c1. The summed E-state index contributed by atoms with van der Waals surface area (Å²) in [5, 5.41) is 0. The number of carbonyl (C=O) groups excluding carboxylic acids is 2. The van der Waals surface area contributed by atoms with Gasteiger partial charge in [-0.25, -0.2) is 13.2 Å². The highest BCUT2D eigenvalue weighted by atomic mass is 79.9. The van der Waals surface area contributed by atoms with Crippen molar-refractivity contribution in [2.75, 3.05) is 11.8 Å². The molecule has 1 N–H and O–H groups in total. The molecule has 0 spiro atoms. The molecule has 2 rings (SSSR count). The number of halogens is 1. The summed E-state index contributed by atoms with van der Waals surface area (Å²) in [7, 11) is -2.87. The van der Waals surface area contributed by atoms with E-state index in [0.29, 0.717) is 10.0 Å². The molecule has 126 valence electrons. The number of nitrogens with one attached hydrogen (secondary N) is 1. The van der Waals surface area contributed by atoms with Gasteiger partial charge in [0, 0.05) is 15.7 Å². The van der Waals surface area contributed by atoms with E-state index >= 15 is 0 Å². The molecule has 2 aromatic carbocycles. The molecule has 0 aliphatic carbocycles. The molecule has 8 heteroatoms. The Morgan fingerprint density at radius 3 is 2.46 bits per heavy atom. The number of Topliss-reactive ketones (excluding diaryl/α,β-unsaturated/α-hetero) is 1. The van der Waals surface area contributed by atoms with Crippen LogP contribution in [0.5, 0.6) is 0 Å². The highest BCUT2D eigenvalue weighted by molar-refractivity contribution is 9.10. The summed E-state index contributed by atoms with van der Waals surface area (Å²) < 4.78 is 32.8. The molecular weight excluding hydrogens is 398 g/mol. The first-order valence-corrected chi connectivity index (χ1v) is 9.04. The van der Waals surface area contributed by atoms with E-state index in [1.165, 1.54) is 44.4 Å². The summed E-state index contributed by atoms with van der Waals surface area (Å²) in [4.78, 5) is 23.0. The number of methoxy groups -OCH3 is 1. The maximum absolute atomic E-state index is 12.6. The highest BCUT2D eigenvalue weighted by Crippen LogP contribution is 2.24. The van der Waals surface area contributed by atoms with Gasteiger partial charge in [0.1, 0.15) is 4.90 Å². The van der Waals surface area contributed by atoms with Gasteiger partial charge < -0.3 is 4.74 Å². The number of esters is 1. The van der Waals surface area contributed by atoms with Gasteiger partial charge >= 0.3 is 5.97 Å². The van der Waals surface area contributed by atoms with E-state index in [1.54, 1.807) is 12.1 Å². The van der Waals surface area contributed by atoms with E-state index in [9.17, 15) is 18.0 Å². The number of sulfonamides is 1. The first-order chi connectivity index (χ1) is 11.2. The van der Waals surface area contributed by atoms with Crippen molar-refractivity contribution in [2.45, 2.75) is 11.8 Å². The van der Waals surface area contributed by atoms with Crippen LogP contribution in [0.2, 0.25) is 0 Å². The maximum Gasteiger partial charge on any atom is 0.339 e. The Bertz CT molecular complexity index is 908. The van der Waals surface area contributed by atoms with Crippen LogP contribution in [0.15, 0.2) is 51.8 Å². The zero-order valence-corrected chi connectivity index (χ0v) is 15.3. The van der Waals surface area contributed by atoms with E-state index in [1.807, 2.05) is 0 Å². The molecule has 0 atom stereocenters. The lowest BCUT2D eigenvalue weighted by molar-refractivity contribution is 0.0596. The third-order valence-corrected chi connectivity index (χ3v) is 5.09. The van der Waals surface area contributed by atoms with Gasteiger partial charge in [0.05, 0.1) is 12.7 Å². The lowest BCUT2D eigenvalue weighted by atomic mass is 10.1. The van der Waals surface area contributed by atoms with E-state index in [-0.39, 0.29) is 21.9 Å². The minimum Gasteiger partial charge on any atom is -0.465 e. The zero-order valence-electron chi connectivity index (χ0n) is 12.9. The lowest BCUT2D eigenvalue weighted by Gasteiger charge is -2.12. The molecule has 0 unspecified atom stereocenters. The van der Waals surface area contributed by atoms with Crippen molar-refractivity contribution in [1.29, 1.82) is 0 Å². The normalized spacial score (nSPS) is 11.0. The predicted octanol–water partition coefficient (Wildman–Crippen LogP) is 3.24. The van der Waals surface area contributed by atoms with Crippen molar-refractivity contribution in [3.8, 4) is 0 Å². The Balaban J connectivity index is 2.46. The van der Waals surface area contributed by atoms with Crippen molar-refractivity contribution in [2.24, 2.45) is 0 Å². The number of anilines is 1. The standard InChI is InChI=1S/C16H14BrNO5S/c1-10(19)11-4-3-5-13(8-11)18-24(21,22)15-7-6-12(17)9-14(15)16(20)23-2/h3-9,18H,1-2H3. The van der Waals surface area contributed by atoms with Gasteiger partial charge in [-0.1, -0.05) is 28.1 Å². The van der Waals surface area contributed by atoms with E-state index < -0.39 is 16.0 Å². The summed E-state index contributed by atoms with van der Waals surface area (Å²) in [5.74, 6) is -0.955. The first kappa shape index (κ1) is 18.2. The van der Waals surface area contributed by atoms with Crippen LogP contribution < -0.4 is 4.72 Å². The van der Waals surface area contributed by atoms with Crippen LogP contribution in [-0.4, -0.2) is 27.3 Å². The van der Waals surface area contributed by atoms with E-state index in [4.69, 9.17) is 0 Å². The molecule has 0 heterocycles. The smallest absolute Gasteiger partial charge is 0.339 e. The second kappa shape index (κ2) is 7.14. The Labute approximate surface area is 148 Å². The van der Waals surface area contributed by atoms with Crippen LogP contribution in [0.4, 0.5) is 5.69 Å². The first-order valence-electron chi connectivity index (χ1n) is 6.76. The van der Waals surface area contributed by atoms with Crippen LogP contribution in [-0.2, 0) is 14.8 Å². The molecule has 0 saturated carbocycles. The second-order valence-electron chi connectivity index (χ2n) is 4.87. The van der Waals surface area contributed by atoms with Crippen molar-refractivity contribution in [3.63, 3.8) is 0 Å². The van der Waals surface area contributed by atoms with Gasteiger partial charge in [0.15, 0.2) is 5.78 Å². The topological polar surface area (TPSA) is 89.5 Å². The summed E-state index contributed by atoms with van der Waals surface area (Å²) in [6, 6.07) is 10.3. The van der Waals surface area contributed by atoms with Crippen LogP contribution in [0.25, 0.3) is 0 Å². The molecule has 24 heavy (non-hydrogen) atoms. The number of benzene rings is 2.